The Morgan fingerprint density at radius 2 is 2.26 bits per heavy atom. The second kappa shape index (κ2) is 7.18. The zero-order valence-corrected chi connectivity index (χ0v) is 15.7. The van der Waals surface area contributed by atoms with Crippen LogP contribution < -0.4 is 5.32 Å². The molecule has 1 aromatic heterocycles. The maximum Gasteiger partial charge on any atom is 0.317 e. The summed E-state index contributed by atoms with van der Waals surface area (Å²) in [6.07, 6.45) is 3.40. The SMILES string of the molecule is Cc1nc2c(s1)C(N(C)C(=O)NCC(C)(C)CC(C)O)CCC2. The average Bonchev–Trinajstić information content (AvgIpc) is 2.82. The number of nitrogens with zero attached hydrogens (tertiary/aromatic N) is 2. The Labute approximate surface area is 143 Å². The first-order valence-corrected chi connectivity index (χ1v) is 9.16. The maximum atomic E-state index is 12.5. The smallest absolute Gasteiger partial charge is 0.317 e. The molecule has 1 aliphatic rings. The van der Waals surface area contributed by atoms with Gasteiger partial charge in [-0.15, -0.1) is 11.3 Å². The topological polar surface area (TPSA) is 65.5 Å². The van der Waals surface area contributed by atoms with Crippen LogP contribution in [0.5, 0.6) is 0 Å². The summed E-state index contributed by atoms with van der Waals surface area (Å²) in [4.78, 5) is 20.2. The molecule has 0 bridgehead atoms. The number of hydrogen-bond donors (Lipinski definition) is 2. The lowest BCUT2D eigenvalue weighted by Gasteiger charge is -2.32. The molecule has 2 atom stereocenters. The zero-order valence-electron chi connectivity index (χ0n) is 14.8. The number of carbonyl (C=O) groups excluding carboxylic acids is 1. The summed E-state index contributed by atoms with van der Waals surface area (Å²) >= 11 is 1.71. The number of nitrogens with one attached hydrogen (secondary N) is 1. The van der Waals surface area contributed by atoms with Crippen molar-refractivity contribution in [3.63, 3.8) is 0 Å². The lowest BCUT2D eigenvalue weighted by atomic mass is 9.87. The van der Waals surface area contributed by atoms with Crippen LogP contribution in [-0.2, 0) is 6.42 Å². The van der Waals surface area contributed by atoms with Gasteiger partial charge in [-0.05, 0) is 44.9 Å². The van der Waals surface area contributed by atoms with Gasteiger partial charge in [0.25, 0.3) is 0 Å². The molecule has 130 valence electrons. The fourth-order valence-electron chi connectivity index (χ4n) is 3.34. The van der Waals surface area contributed by atoms with Crippen molar-refractivity contribution in [3.8, 4) is 0 Å². The van der Waals surface area contributed by atoms with Crippen LogP contribution in [-0.4, -0.2) is 40.7 Å². The number of rotatable bonds is 5. The molecule has 0 fully saturated rings. The molecule has 0 radical (unpaired) electrons. The second-order valence-electron chi connectivity index (χ2n) is 7.44. The van der Waals surface area contributed by atoms with E-state index in [1.165, 1.54) is 4.88 Å². The Kier molecular flexibility index (Phi) is 5.68. The van der Waals surface area contributed by atoms with Crippen LogP contribution in [0.1, 0.15) is 61.7 Å². The molecule has 23 heavy (non-hydrogen) atoms. The third-order valence-corrected chi connectivity index (χ3v) is 5.50. The van der Waals surface area contributed by atoms with Gasteiger partial charge in [0, 0.05) is 13.6 Å². The van der Waals surface area contributed by atoms with Crippen LogP contribution in [0.3, 0.4) is 0 Å². The summed E-state index contributed by atoms with van der Waals surface area (Å²) in [6, 6.07) is 0.0809. The lowest BCUT2D eigenvalue weighted by Crippen LogP contribution is -2.44. The molecule has 1 aromatic rings. The van der Waals surface area contributed by atoms with E-state index < -0.39 is 0 Å². The third-order valence-electron chi connectivity index (χ3n) is 4.38. The number of thiazole rings is 1. The molecule has 2 amide bonds. The number of aromatic nitrogens is 1. The van der Waals surface area contributed by atoms with Crippen LogP contribution in [0, 0.1) is 12.3 Å². The van der Waals surface area contributed by atoms with Gasteiger partial charge in [0.05, 0.1) is 27.7 Å². The standard InChI is InChI=1S/C17H29N3O2S/c1-11(21)9-17(3,4)10-18-16(22)20(5)14-8-6-7-13-15(14)23-12(2)19-13/h11,14,21H,6-10H2,1-5H3,(H,18,22). The highest BCUT2D eigenvalue weighted by molar-refractivity contribution is 7.11. The number of aliphatic hydroxyl groups is 1. The molecular formula is C17H29N3O2S. The molecule has 2 unspecified atom stereocenters. The van der Waals surface area contributed by atoms with E-state index in [1.807, 2.05) is 18.9 Å². The first kappa shape index (κ1) is 18.2. The fraction of sp³-hybridized carbons (Fsp3) is 0.765. The van der Waals surface area contributed by atoms with Crippen LogP contribution in [0.15, 0.2) is 0 Å². The Bertz CT molecular complexity index is 554. The highest BCUT2D eigenvalue weighted by atomic mass is 32.1. The average molecular weight is 340 g/mol. The van der Waals surface area contributed by atoms with Gasteiger partial charge in [0.15, 0.2) is 0 Å². The molecule has 0 spiro atoms. The van der Waals surface area contributed by atoms with Gasteiger partial charge in [0.2, 0.25) is 0 Å². The maximum absolute atomic E-state index is 12.5. The van der Waals surface area contributed by atoms with E-state index in [0.29, 0.717) is 13.0 Å². The van der Waals surface area contributed by atoms with Crippen molar-refractivity contribution in [2.75, 3.05) is 13.6 Å². The predicted octanol–water partition coefficient (Wildman–Crippen LogP) is 3.27. The lowest BCUT2D eigenvalue weighted by molar-refractivity contribution is 0.125. The first-order valence-electron chi connectivity index (χ1n) is 8.34. The summed E-state index contributed by atoms with van der Waals surface area (Å²) in [5, 5.41) is 13.6. The number of hydrogen-bond acceptors (Lipinski definition) is 4. The summed E-state index contributed by atoms with van der Waals surface area (Å²) in [6.45, 7) is 8.49. The molecule has 5 nitrogen and oxygen atoms in total. The number of fused-ring (bicyclic) bond motifs is 1. The number of aryl methyl sites for hydroxylation is 2. The van der Waals surface area contributed by atoms with Crippen molar-refractivity contribution < 1.29 is 9.90 Å². The number of urea groups is 1. The minimum absolute atomic E-state index is 0.0485. The van der Waals surface area contributed by atoms with Crippen LogP contribution in [0.2, 0.25) is 0 Å². The first-order chi connectivity index (χ1) is 10.7. The Hall–Kier alpha value is -1.14. The van der Waals surface area contributed by atoms with Gasteiger partial charge in [-0.3, -0.25) is 0 Å². The predicted molar refractivity (Wildman–Crippen MR) is 93.8 cm³/mol. The van der Waals surface area contributed by atoms with E-state index in [2.05, 4.69) is 24.1 Å². The Balaban J connectivity index is 1.98. The third kappa shape index (κ3) is 4.67. The molecule has 0 aromatic carbocycles. The van der Waals surface area contributed by atoms with Gasteiger partial charge in [-0.2, -0.15) is 0 Å². The monoisotopic (exact) mass is 339 g/mol. The van der Waals surface area contributed by atoms with Gasteiger partial charge in [0.1, 0.15) is 0 Å². The minimum atomic E-state index is -0.360. The normalized spacial score (nSPS) is 19.1. The van der Waals surface area contributed by atoms with Gasteiger partial charge < -0.3 is 15.3 Å². The second-order valence-corrected chi connectivity index (χ2v) is 8.67. The molecule has 1 heterocycles. The van der Waals surface area contributed by atoms with Crippen molar-refractivity contribution >= 4 is 17.4 Å². The Morgan fingerprint density at radius 1 is 1.57 bits per heavy atom. The van der Waals surface area contributed by atoms with Crippen LogP contribution in [0.4, 0.5) is 4.79 Å². The summed E-state index contributed by atoms with van der Waals surface area (Å²) < 4.78 is 0. The molecule has 2 rings (SSSR count). The zero-order chi connectivity index (χ0) is 17.2. The molecule has 6 heteroatoms. The quantitative estimate of drug-likeness (QED) is 0.865. The number of amides is 2. The summed E-state index contributed by atoms with van der Waals surface area (Å²) in [5.41, 5.74) is 1.04. The van der Waals surface area contributed by atoms with Crippen molar-refractivity contribution in [1.29, 1.82) is 0 Å². The van der Waals surface area contributed by atoms with Crippen LogP contribution >= 0.6 is 11.3 Å². The van der Waals surface area contributed by atoms with Crippen LogP contribution in [0.25, 0.3) is 0 Å². The van der Waals surface area contributed by atoms with Gasteiger partial charge >= 0.3 is 6.03 Å². The highest BCUT2D eigenvalue weighted by Gasteiger charge is 2.30. The molecule has 0 saturated carbocycles. The molecule has 0 saturated heterocycles. The number of carbonyl (C=O) groups is 1. The molecule has 0 aliphatic heterocycles. The summed E-state index contributed by atoms with van der Waals surface area (Å²) in [7, 11) is 1.87. The number of aliphatic hydroxyl groups excluding tert-OH is 1. The fourth-order valence-corrected chi connectivity index (χ4v) is 4.49. The molecule has 2 N–H and O–H groups in total. The molecular weight excluding hydrogens is 310 g/mol. The van der Waals surface area contributed by atoms with Crippen molar-refractivity contribution in [2.45, 2.75) is 65.5 Å². The Morgan fingerprint density at radius 3 is 2.91 bits per heavy atom. The van der Waals surface area contributed by atoms with Gasteiger partial charge in [-0.25, -0.2) is 9.78 Å². The van der Waals surface area contributed by atoms with E-state index in [4.69, 9.17) is 0 Å². The van der Waals surface area contributed by atoms with Gasteiger partial charge in [-0.1, -0.05) is 13.8 Å². The van der Waals surface area contributed by atoms with E-state index in [0.717, 1.165) is 30.0 Å². The summed E-state index contributed by atoms with van der Waals surface area (Å²) in [5.74, 6) is 0. The molecule has 1 aliphatic carbocycles. The largest absolute Gasteiger partial charge is 0.393 e. The van der Waals surface area contributed by atoms with Crippen molar-refractivity contribution in [1.82, 2.24) is 15.2 Å². The van der Waals surface area contributed by atoms with E-state index in [9.17, 15) is 9.90 Å². The van der Waals surface area contributed by atoms with Crippen molar-refractivity contribution in [3.05, 3.63) is 15.6 Å². The minimum Gasteiger partial charge on any atom is -0.393 e. The van der Waals surface area contributed by atoms with Crippen molar-refractivity contribution in [2.24, 2.45) is 5.41 Å². The van der Waals surface area contributed by atoms with E-state index in [-0.39, 0.29) is 23.6 Å². The highest BCUT2D eigenvalue weighted by Crippen LogP contribution is 2.37. The van der Waals surface area contributed by atoms with E-state index in [1.54, 1.807) is 18.3 Å². The van der Waals surface area contributed by atoms with E-state index >= 15 is 0 Å².